The molecule has 20 heavy (non-hydrogen) atoms. The van der Waals surface area contributed by atoms with Crippen LogP contribution in [0.25, 0.3) is 0 Å². The molecule has 2 heteroatoms. The molecule has 0 aliphatic heterocycles. The highest BCUT2D eigenvalue weighted by Gasteiger charge is 1.97. The van der Waals surface area contributed by atoms with E-state index < -0.39 is 0 Å². The average molecular weight is 277 g/mol. The van der Waals surface area contributed by atoms with Crippen LogP contribution < -0.4 is 10.5 Å². The summed E-state index contributed by atoms with van der Waals surface area (Å²) in [5, 5.41) is 0. The fourth-order valence-electron chi connectivity index (χ4n) is 2.31. The van der Waals surface area contributed by atoms with E-state index in [1.807, 2.05) is 0 Å². The zero-order valence-electron chi connectivity index (χ0n) is 13.1. The summed E-state index contributed by atoms with van der Waals surface area (Å²) in [6.45, 7) is 3.67. The Hall–Kier alpha value is -1.02. The molecule has 1 aromatic rings. The van der Waals surface area contributed by atoms with Crippen LogP contribution in [-0.2, 0) is 6.42 Å². The van der Waals surface area contributed by atoms with Gasteiger partial charge in [-0.25, -0.2) is 0 Å². The van der Waals surface area contributed by atoms with E-state index in [9.17, 15) is 0 Å². The minimum absolute atomic E-state index is 0.691. The third-order valence-electron chi connectivity index (χ3n) is 3.61. The van der Waals surface area contributed by atoms with Crippen molar-refractivity contribution in [1.82, 2.24) is 0 Å². The Kier molecular flexibility index (Phi) is 10.0. The number of unbranched alkanes of at least 4 members (excludes halogenated alkanes) is 6. The van der Waals surface area contributed by atoms with E-state index in [1.54, 1.807) is 0 Å². The third-order valence-corrected chi connectivity index (χ3v) is 3.61. The van der Waals surface area contributed by atoms with Crippen LogP contribution in [0.15, 0.2) is 24.3 Å². The lowest BCUT2D eigenvalue weighted by atomic mass is 10.0. The van der Waals surface area contributed by atoms with E-state index in [2.05, 4.69) is 31.2 Å². The molecular formula is C18H31NO. The van der Waals surface area contributed by atoms with Gasteiger partial charge in [0.25, 0.3) is 0 Å². The predicted octanol–water partition coefficient (Wildman–Crippen LogP) is 4.71. The van der Waals surface area contributed by atoms with Gasteiger partial charge in [-0.15, -0.1) is 0 Å². The molecule has 0 unspecified atom stereocenters. The van der Waals surface area contributed by atoms with Crippen LogP contribution in [-0.4, -0.2) is 13.2 Å². The minimum Gasteiger partial charge on any atom is -0.494 e. The zero-order chi connectivity index (χ0) is 14.5. The number of ether oxygens (including phenoxy) is 1. The highest BCUT2D eigenvalue weighted by molar-refractivity contribution is 5.27. The van der Waals surface area contributed by atoms with Crippen molar-refractivity contribution in [3.63, 3.8) is 0 Å². The summed E-state index contributed by atoms with van der Waals surface area (Å²) in [6.07, 6.45) is 11.7. The second-order valence-corrected chi connectivity index (χ2v) is 5.51. The zero-order valence-corrected chi connectivity index (χ0v) is 13.1. The van der Waals surface area contributed by atoms with Crippen molar-refractivity contribution in [3.8, 4) is 5.75 Å². The summed E-state index contributed by atoms with van der Waals surface area (Å²) in [5.41, 5.74) is 6.86. The number of hydrogen-bond acceptors (Lipinski definition) is 2. The van der Waals surface area contributed by atoms with Gasteiger partial charge in [-0.3, -0.25) is 0 Å². The quantitative estimate of drug-likeness (QED) is 0.562. The molecular weight excluding hydrogens is 246 g/mol. The van der Waals surface area contributed by atoms with Gasteiger partial charge in [0.2, 0.25) is 0 Å². The van der Waals surface area contributed by atoms with Gasteiger partial charge in [0.05, 0.1) is 6.61 Å². The molecule has 114 valence electrons. The van der Waals surface area contributed by atoms with Crippen LogP contribution in [0.5, 0.6) is 5.75 Å². The van der Waals surface area contributed by atoms with Crippen molar-refractivity contribution in [1.29, 1.82) is 0 Å². The standard InChI is InChI=1S/C18H31NO/c1-2-3-4-5-6-7-8-10-17-11-13-18(14-12-17)20-16-9-15-19/h11-14H,2-10,15-16,19H2,1H3. The van der Waals surface area contributed by atoms with Crippen LogP contribution in [0, 0.1) is 0 Å². The smallest absolute Gasteiger partial charge is 0.119 e. The Morgan fingerprint density at radius 1 is 0.850 bits per heavy atom. The van der Waals surface area contributed by atoms with E-state index >= 15 is 0 Å². The number of nitrogens with two attached hydrogens (primary N) is 1. The van der Waals surface area contributed by atoms with Crippen molar-refractivity contribution in [3.05, 3.63) is 29.8 Å². The summed E-state index contributed by atoms with van der Waals surface area (Å²) in [6, 6.07) is 8.53. The Labute approximate surface area is 124 Å². The fraction of sp³-hybridized carbons (Fsp3) is 0.667. The highest BCUT2D eigenvalue weighted by Crippen LogP contribution is 2.15. The molecule has 2 nitrogen and oxygen atoms in total. The maximum Gasteiger partial charge on any atom is 0.119 e. The number of aryl methyl sites for hydroxylation is 1. The Morgan fingerprint density at radius 3 is 2.15 bits per heavy atom. The molecule has 1 rings (SSSR count). The van der Waals surface area contributed by atoms with Gasteiger partial charge in [0.1, 0.15) is 5.75 Å². The molecule has 1 aromatic carbocycles. The van der Waals surface area contributed by atoms with Gasteiger partial charge >= 0.3 is 0 Å². The van der Waals surface area contributed by atoms with E-state index in [0.29, 0.717) is 13.2 Å². The minimum atomic E-state index is 0.691. The van der Waals surface area contributed by atoms with Crippen molar-refractivity contribution < 1.29 is 4.74 Å². The SMILES string of the molecule is CCCCCCCCCc1ccc(OCCCN)cc1. The molecule has 0 spiro atoms. The number of rotatable bonds is 12. The van der Waals surface area contributed by atoms with E-state index in [0.717, 1.165) is 12.2 Å². The summed E-state index contributed by atoms with van der Waals surface area (Å²) < 4.78 is 5.60. The second-order valence-electron chi connectivity index (χ2n) is 5.51. The van der Waals surface area contributed by atoms with E-state index in [4.69, 9.17) is 10.5 Å². The second kappa shape index (κ2) is 11.8. The lowest BCUT2D eigenvalue weighted by Crippen LogP contribution is -2.06. The summed E-state index contributed by atoms with van der Waals surface area (Å²) in [7, 11) is 0. The molecule has 0 bridgehead atoms. The van der Waals surface area contributed by atoms with E-state index in [-0.39, 0.29) is 0 Å². The van der Waals surface area contributed by atoms with E-state index in [1.165, 1.54) is 56.9 Å². The van der Waals surface area contributed by atoms with Gasteiger partial charge < -0.3 is 10.5 Å². The highest BCUT2D eigenvalue weighted by atomic mass is 16.5. The Bertz CT molecular complexity index is 321. The molecule has 0 aliphatic rings. The lowest BCUT2D eigenvalue weighted by Gasteiger charge is -2.06. The van der Waals surface area contributed by atoms with Crippen LogP contribution in [0.3, 0.4) is 0 Å². The van der Waals surface area contributed by atoms with Crippen molar-refractivity contribution in [2.24, 2.45) is 5.73 Å². The normalized spacial score (nSPS) is 10.7. The van der Waals surface area contributed by atoms with Crippen LogP contribution in [0.2, 0.25) is 0 Å². The summed E-state index contributed by atoms with van der Waals surface area (Å²) in [4.78, 5) is 0. The van der Waals surface area contributed by atoms with Gasteiger partial charge in [-0.05, 0) is 43.5 Å². The van der Waals surface area contributed by atoms with Crippen molar-refractivity contribution in [2.45, 2.75) is 64.7 Å². The lowest BCUT2D eigenvalue weighted by molar-refractivity contribution is 0.313. The number of benzene rings is 1. The maximum atomic E-state index is 5.60. The first kappa shape index (κ1) is 17.0. The topological polar surface area (TPSA) is 35.2 Å². The largest absolute Gasteiger partial charge is 0.494 e. The first-order valence-electron chi connectivity index (χ1n) is 8.28. The number of hydrogen-bond donors (Lipinski definition) is 1. The van der Waals surface area contributed by atoms with Gasteiger partial charge in [-0.2, -0.15) is 0 Å². The maximum absolute atomic E-state index is 5.60. The van der Waals surface area contributed by atoms with Crippen LogP contribution >= 0.6 is 0 Å². The van der Waals surface area contributed by atoms with Gasteiger partial charge in [0.15, 0.2) is 0 Å². The summed E-state index contributed by atoms with van der Waals surface area (Å²) in [5.74, 6) is 0.960. The van der Waals surface area contributed by atoms with Crippen molar-refractivity contribution in [2.75, 3.05) is 13.2 Å². The molecule has 0 aromatic heterocycles. The van der Waals surface area contributed by atoms with Crippen LogP contribution in [0.4, 0.5) is 0 Å². The summed E-state index contributed by atoms with van der Waals surface area (Å²) >= 11 is 0. The molecule has 0 fully saturated rings. The van der Waals surface area contributed by atoms with Gasteiger partial charge in [0, 0.05) is 0 Å². The Balaban J connectivity index is 2.08. The first-order valence-corrected chi connectivity index (χ1v) is 8.28. The predicted molar refractivity (Wildman–Crippen MR) is 87.3 cm³/mol. The molecule has 0 radical (unpaired) electrons. The molecule has 0 aliphatic carbocycles. The molecule has 0 saturated heterocycles. The van der Waals surface area contributed by atoms with Crippen LogP contribution in [0.1, 0.15) is 63.9 Å². The Morgan fingerprint density at radius 2 is 1.50 bits per heavy atom. The first-order chi connectivity index (χ1) is 9.86. The molecule has 0 amide bonds. The molecule has 0 atom stereocenters. The van der Waals surface area contributed by atoms with Crippen molar-refractivity contribution >= 4 is 0 Å². The average Bonchev–Trinajstić information content (AvgIpc) is 2.48. The molecule has 0 heterocycles. The fourth-order valence-corrected chi connectivity index (χ4v) is 2.31. The molecule has 0 saturated carbocycles. The molecule has 2 N–H and O–H groups in total. The monoisotopic (exact) mass is 277 g/mol. The van der Waals surface area contributed by atoms with Gasteiger partial charge in [-0.1, -0.05) is 57.6 Å². The third kappa shape index (κ3) is 8.21.